The molecule has 3 rings (SSSR count). The number of nitrogens with one attached hydrogen (secondary N) is 2. The summed E-state index contributed by atoms with van der Waals surface area (Å²) < 4.78 is 14.2. The predicted octanol–water partition coefficient (Wildman–Crippen LogP) is 2.02. The van der Waals surface area contributed by atoms with E-state index in [2.05, 4.69) is 25.7 Å². The van der Waals surface area contributed by atoms with E-state index in [1.54, 1.807) is 0 Å². The Morgan fingerprint density at radius 2 is 2.14 bits per heavy atom. The fourth-order valence-corrected chi connectivity index (χ4v) is 4.16. The lowest BCUT2D eigenvalue weighted by Crippen LogP contribution is -2.47. The van der Waals surface area contributed by atoms with Gasteiger partial charge in [-0.3, -0.25) is 9.20 Å². The minimum atomic E-state index is -0.910. The Balaban J connectivity index is 0.00000280. The molecule has 0 saturated carbocycles. The fraction of sp³-hybridized carbons (Fsp3) is 0.526. The fourth-order valence-electron chi connectivity index (χ4n) is 3.16. The van der Waals surface area contributed by atoms with Gasteiger partial charge in [0.25, 0.3) is 0 Å². The first kappa shape index (κ1) is 22.8. The Morgan fingerprint density at radius 3 is 2.89 bits per heavy atom. The van der Waals surface area contributed by atoms with Crippen LogP contribution in [0.1, 0.15) is 30.6 Å². The molecule has 1 aromatic heterocycles. The highest BCUT2D eigenvalue weighted by atomic mass is 127. The molecule has 2 atom stereocenters. The second-order valence-corrected chi connectivity index (χ2v) is 8.25. The number of hydrogen-bond donors (Lipinski definition) is 2. The molecule has 154 valence electrons. The molecule has 0 saturated heterocycles. The van der Waals surface area contributed by atoms with Crippen LogP contribution in [-0.2, 0) is 29.5 Å². The van der Waals surface area contributed by atoms with E-state index in [4.69, 9.17) is 0 Å². The number of benzene rings is 1. The van der Waals surface area contributed by atoms with Crippen LogP contribution in [-0.4, -0.2) is 49.8 Å². The smallest absolute Gasteiger partial charge is 0.191 e. The van der Waals surface area contributed by atoms with Gasteiger partial charge in [-0.25, -0.2) is 9.67 Å². The molecule has 0 amide bonds. The van der Waals surface area contributed by atoms with Crippen molar-refractivity contribution in [3.63, 3.8) is 0 Å². The van der Waals surface area contributed by atoms with Gasteiger partial charge in [0.2, 0.25) is 0 Å². The standard InChI is InChI=1S/C19H28N6OS.HI/c1-3-20-19(21-11-12-27(26)14-16-7-5-4-6-8-16)23-17-9-10-18-22-15(2)24-25(18)13-17;/h4-8,17H,3,9-14H2,1-2H3,(H2,20,21,23);1H. The summed E-state index contributed by atoms with van der Waals surface area (Å²) in [6.07, 6.45) is 1.92. The van der Waals surface area contributed by atoms with E-state index in [0.717, 1.165) is 49.1 Å². The highest BCUT2D eigenvalue weighted by Crippen LogP contribution is 2.12. The molecular formula is C19H29IN6OS. The lowest BCUT2D eigenvalue weighted by Gasteiger charge is -2.25. The molecule has 7 nitrogen and oxygen atoms in total. The molecule has 2 heterocycles. The van der Waals surface area contributed by atoms with Crippen molar-refractivity contribution in [1.29, 1.82) is 0 Å². The average molecular weight is 516 g/mol. The van der Waals surface area contributed by atoms with Crippen LogP contribution in [0.15, 0.2) is 35.3 Å². The molecule has 0 aliphatic carbocycles. The number of aromatic nitrogens is 3. The SMILES string of the molecule is CCNC(=NCCS(=O)Cc1ccccc1)NC1CCc2nc(C)nn2C1.I. The van der Waals surface area contributed by atoms with Gasteiger partial charge < -0.3 is 10.6 Å². The van der Waals surface area contributed by atoms with E-state index in [-0.39, 0.29) is 30.0 Å². The summed E-state index contributed by atoms with van der Waals surface area (Å²) in [6, 6.07) is 10.2. The molecule has 0 radical (unpaired) electrons. The van der Waals surface area contributed by atoms with Crippen LogP contribution in [0.3, 0.4) is 0 Å². The highest BCUT2D eigenvalue weighted by molar-refractivity contribution is 14.0. The number of nitrogens with zero attached hydrogens (tertiary/aromatic N) is 4. The average Bonchev–Trinajstić information content (AvgIpc) is 3.02. The Labute approximate surface area is 186 Å². The van der Waals surface area contributed by atoms with Gasteiger partial charge in [0, 0.05) is 41.3 Å². The number of aryl methyl sites for hydroxylation is 2. The monoisotopic (exact) mass is 516 g/mol. The maximum absolute atomic E-state index is 12.3. The lowest BCUT2D eigenvalue weighted by molar-refractivity contribution is 0.392. The first-order valence-corrected chi connectivity index (χ1v) is 11.0. The van der Waals surface area contributed by atoms with Gasteiger partial charge in [-0.2, -0.15) is 5.10 Å². The van der Waals surface area contributed by atoms with Crippen molar-refractivity contribution in [2.75, 3.05) is 18.8 Å². The minimum absolute atomic E-state index is 0. The Morgan fingerprint density at radius 1 is 1.36 bits per heavy atom. The number of guanidine groups is 1. The quantitative estimate of drug-likeness (QED) is 0.334. The van der Waals surface area contributed by atoms with Gasteiger partial charge >= 0.3 is 0 Å². The molecule has 2 N–H and O–H groups in total. The van der Waals surface area contributed by atoms with Gasteiger partial charge in [0.05, 0.1) is 13.1 Å². The molecule has 0 bridgehead atoms. The first-order chi connectivity index (χ1) is 13.1. The predicted molar refractivity (Wildman–Crippen MR) is 125 cm³/mol. The van der Waals surface area contributed by atoms with Crippen molar-refractivity contribution in [2.24, 2.45) is 4.99 Å². The van der Waals surface area contributed by atoms with Crippen molar-refractivity contribution < 1.29 is 4.21 Å². The summed E-state index contributed by atoms with van der Waals surface area (Å²) in [5.74, 6) is 3.80. The summed E-state index contributed by atoms with van der Waals surface area (Å²) in [4.78, 5) is 9.06. The van der Waals surface area contributed by atoms with E-state index >= 15 is 0 Å². The second kappa shape index (κ2) is 11.5. The normalized spacial score (nSPS) is 17.4. The van der Waals surface area contributed by atoms with E-state index in [1.165, 1.54) is 0 Å². The van der Waals surface area contributed by atoms with Crippen molar-refractivity contribution in [2.45, 2.75) is 45.0 Å². The third kappa shape index (κ3) is 6.84. The zero-order chi connectivity index (χ0) is 19.1. The molecule has 9 heteroatoms. The zero-order valence-corrected chi connectivity index (χ0v) is 19.6. The van der Waals surface area contributed by atoms with Crippen molar-refractivity contribution in [3.8, 4) is 0 Å². The van der Waals surface area contributed by atoms with Crippen LogP contribution in [0.5, 0.6) is 0 Å². The van der Waals surface area contributed by atoms with E-state index < -0.39 is 10.8 Å². The van der Waals surface area contributed by atoms with Gasteiger partial charge in [0.1, 0.15) is 11.6 Å². The van der Waals surface area contributed by atoms with Gasteiger partial charge in [-0.15, -0.1) is 24.0 Å². The molecule has 1 aliphatic rings. The van der Waals surface area contributed by atoms with E-state index in [1.807, 2.05) is 48.9 Å². The highest BCUT2D eigenvalue weighted by Gasteiger charge is 2.21. The Bertz CT molecular complexity index is 795. The zero-order valence-electron chi connectivity index (χ0n) is 16.4. The number of rotatable bonds is 7. The largest absolute Gasteiger partial charge is 0.357 e. The van der Waals surface area contributed by atoms with Gasteiger partial charge in [-0.1, -0.05) is 30.3 Å². The van der Waals surface area contributed by atoms with Crippen molar-refractivity contribution in [3.05, 3.63) is 47.5 Å². The van der Waals surface area contributed by atoms with E-state index in [9.17, 15) is 4.21 Å². The number of aliphatic imine (C=N–C) groups is 1. The molecule has 2 aromatic rings. The third-order valence-corrected chi connectivity index (χ3v) is 5.70. The molecule has 1 aromatic carbocycles. The van der Waals surface area contributed by atoms with Crippen LogP contribution in [0.4, 0.5) is 0 Å². The molecule has 2 unspecified atom stereocenters. The topological polar surface area (TPSA) is 84.2 Å². The van der Waals surface area contributed by atoms with Gasteiger partial charge in [-0.05, 0) is 25.8 Å². The van der Waals surface area contributed by atoms with Crippen molar-refractivity contribution in [1.82, 2.24) is 25.4 Å². The minimum Gasteiger partial charge on any atom is -0.357 e. The first-order valence-electron chi connectivity index (χ1n) is 9.48. The van der Waals surface area contributed by atoms with E-state index in [0.29, 0.717) is 18.1 Å². The lowest BCUT2D eigenvalue weighted by atomic mass is 10.1. The van der Waals surface area contributed by atoms with Crippen LogP contribution in [0, 0.1) is 6.92 Å². The van der Waals surface area contributed by atoms with Crippen LogP contribution < -0.4 is 10.6 Å². The Kier molecular flexibility index (Phi) is 9.36. The van der Waals surface area contributed by atoms with Crippen LogP contribution >= 0.6 is 24.0 Å². The molecule has 1 aliphatic heterocycles. The maximum atomic E-state index is 12.3. The number of halogens is 1. The summed E-state index contributed by atoms with van der Waals surface area (Å²) in [6.45, 7) is 6.09. The maximum Gasteiger partial charge on any atom is 0.191 e. The number of fused-ring (bicyclic) bond motifs is 1. The van der Waals surface area contributed by atoms with Crippen LogP contribution in [0.25, 0.3) is 0 Å². The summed E-state index contributed by atoms with van der Waals surface area (Å²) in [7, 11) is -0.910. The molecule has 0 spiro atoms. The summed E-state index contributed by atoms with van der Waals surface area (Å²) in [5.41, 5.74) is 1.10. The molecule has 0 fully saturated rings. The van der Waals surface area contributed by atoms with Gasteiger partial charge in [0.15, 0.2) is 5.96 Å². The molecular weight excluding hydrogens is 487 g/mol. The van der Waals surface area contributed by atoms with Crippen LogP contribution in [0.2, 0.25) is 0 Å². The molecule has 28 heavy (non-hydrogen) atoms. The summed E-state index contributed by atoms with van der Waals surface area (Å²) in [5, 5.41) is 11.2. The number of hydrogen-bond acceptors (Lipinski definition) is 4. The second-order valence-electron chi connectivity index (χ2n) is 6.67. The summed E-state index contributed by atoms with van der Waals surface area (Å²) >= 11 is 0. The Hall–Kier alpha value is -1.49. The van der Waals surface area contributed by atoms with Crippen molar-refractivity contribution >= 4 is 40.7 Å². The third-order valence-electron chi connectivity index (χ3n) is 4.41.